The highest BCUT2D eigenvalue weighted by molar-refractivity contribution is 6.07. The lowest BCUT2D eigenvalue weighted by Gasteiger charge is -2.28. The van der Waals surface area contributed by atoms with Gasteiger partial charge in [-0.2, -0.15) is 0 Å². The number of halogens is 2. The lowest BCUT2D eigenvalue weighted by atomic mass is 9.84. The van der Waals surface area contributed by atoms with E-state index in [1.165, 1.54) is 0 Å². The van der Waals surface area contributed by atoms with E-state index in [1.54, 1.807) is 0 Å². The maximum absolute atomic E-state index is 13.8. The summed E-state index contributed by atoms with van der Waals surface area (Å²) in [5, 5.41) is 13.0. The number of benzene rings is 1. The number of urea groups is 1. The van der Waals surface area contributed by atoms with Crippen molar-refractivity contribution in [1.29, 1.82) is 0 Å². The average molecular weight is 352 g/mol. The minimum absolute atomic E-state index is 0.138. The Morgan fingerprint density at radius 2 is 1.76 bits per heavy atom. The standard InChI is InChI=1S/C18H22F2N2O3/c19-12-6-7-13(14(20)10-12)15(23)11-22-16(24)18(21-17(22)25)8-4-2-1-3-5-9-18/h6-7,10,15,23H,1-5,8-9,11H2,(H,21,25). The van der Waals surface area contributed by atoms with Crippen molar-refractivity contribution in [1.82, 2.24) is 10.2 Å². The average Bonchev–Trinajstić information content (AvgIpc) is 2.76. The maximum atomic E-state index is 13.8. The predicted molar refractivity (Wildman–Crippen MR) is 86.6 cm³/mol. The van der Waals surface area contributed by atoms with Gasteiger partial charge in [0.05, 0.1) is 12.6 Å². The van der Waals surface area contributed by atoms with Crippen LogP contribution in [0, 0.1) is 11.6 Å². The molecule has 1 aliphatic carbocycles. The number of rotatable bonds is 3. The molecule has 25 heavy (non-hydrogen) atoms. The maximum Gasteiger partial charge on any atom is 0.325 e. The third-order valence-corrected chi connectivity index (χ3v) is 5.13. The van der Waals surface area contributed by atoms with Gasteiger partial charge in [-0.05, 0) is 18.9 Å². The summed E-state index contributed by atoms with van der Waals surface area (Å²) in [5.41, 5.74) is -1.04. The van der Waals surface area contributed by atoms with Gasteiger partial charge < -0.3 is 10.4 Å². The zero-order valence-electron chi connectivity index (χ0n) is 13.9. The van der Waals surface area contributed by atoms with Crippen molar-refractivity contribution in [2.24, 2.45) is 0 Å². The highest BCUT2D eigenvalue weighted by atomic mass is 19.1. The van der Waals surface area contributed by atoms with E-state index in [0.717, 1.165) is 49.1 Å². The summed E-state index contributed by atoms with van der Waals surface area (Å²) in [6, 6.07) is 2.26. The number of aliphatic hydroxyl groups excluding tert-OH is 1. The zero-order valence-corrected chi connectivity index (χ0v) is 13.9. The van der Waals surface area contributed by atoms with Gasteiger partial charge in [-0.25, -0.2) is 13.6 Å². The molecule has 1 heterocycles. The summed E-state index contributed by atoms with van der Waals surface area (Å²) in [4.78, 5) is 26.1. The fraction of sp³-hybridized carbons (Fsp3) is 0.556. The van der Waals surface area contributed by atoms with E-state index < -0.39 is 29.3 Å². The van der Waals surface area contributed by atoms with E-state index in [1.807, 2.05) is 0 Å². The Bertz CT molecular complexity index is 672. The van der Waals surface area contributed by atoms with Crippen molar-refractivity contribution < 1.29 is 23.5 Å². The van der Waals surface area contributed by atoms with Gasteiger partial charge in [0.15, 0.2) is 0 Å². The van der Waals surface area contributed by atoms with Crippen LogP contribution in [0.4, 0.5) is 13.6 Å². The van der Waals surface area contributed by atoms with Gasteiger partial charge in [0.1, 0.15) is 17.2 Å². The molecule has 2 aliphatic rings. The van der Waals surface area contributed by atoms with Crippen LogP contribution in [0.3, 0.4) is 0 Å². The molecule has 1 atom stereocenters. The van der Waals surface area contributed by atoms with Gasteiger partial charge in [0, 0.05) is 11.6 Å². The monoisotopic (exact) mass is 352 g/mol. The summed E-state index contributed by atoms with van der Waals surface area (Å²) in [6.07, 6.45) is 4.64. The van der Waals surface area contributed by atoms with Crippen LogP contribution in [0.25, 0.3) is 0 Å². The Kier molecular flexibility index (Phi) is 5.03. The number of amides is 3. The lowest BCUT2D eigenvalue weighted by Crippen LogP contribution is -2.47. The molecule has 5 nitrogen and oxygen atoms in total. The van der Waals surface area contributed by atoms with Gasteiger partial charge in [0.2, 0.25) is 0 Å². The van der Waals surface area contributed by atoms with Crippen molar-refractivity contribution >= 4 is 11.9 Å². The molecule has 1 unspecified atom stereocenters. The van der Waals surface area contributed by atoms with Crippen molar-refractivity contribution in [2.75, 3.05) is 6.54 Å². The molecule has 2 N–H and O–H groups in total. The largest absolute Gasteiger partial charge is 0.386 e. The number of imide groups is 1. The van der Waals surface area contributed by atoms with Crippen molar-refractivity contribution in [3.63, 3.8) is 0 Å². The van der Waals surface area contributed by atoms with Gasteiger partial charge in [-0.3, -0.25) is 9.69 Å². The first-order valence-electron chi connectivity index (χ1n) is 8.70. The molecule has 3 rings (SSSR count). The van der Waals surface area contributed by atoms with E-state index in [-0.39, 0.29) is 18.0 Å². The summed E-state index contributed by atoms with van der Waals surface area (Å²) in [5.74, 6) is -2.02. The van der Waals surface area contributed by atoms with Gasteiger partial charge in [-0.1, -0.05) is 38.2 Å². The number of hydrogen-bond acceptors (Lipinski definition) is 3. The summed E-state index contributed by atoms with van der Waals surface area (Å²) in [7, 11) is 0. The first kappa shape index (κ1) is 17.8. The molecule has 0 radical (unpaired) electrons. The minimum atomic E-state index is -1.40. The molecule has 1 aliphatic heterocycles. The molecular weight excluding hydrogens is 330 g/mol. The quantitative estimate of drug-likeness (QED) is 0.822. The molecule has 3 amide bonds. The summed E-state index contributed by atoms with van der Waals surface area (Å²) < 4.78 is 26.8. The Morgan fingerprint density at radius 3 is 2.40 bits per heavy atom. The molecular formula is C18H22F2N2O3. The second kappa shape index (κ2) is 7.07. The van der Waals surface area contributed by atoms with Gasteiger partial charge in [-0.15, -0.1) is 0 Å². The van der Waals surface area contributed by atoms with Crippen LogP contribution in [0.5, 0.6) is 0 Å². The molecule has 1 aromatic carbocycles. The zero-order chi connectivity index (χ0) is 18.0. The van der Waals surface area contributed by atoms with E-state index in [2.05, 4.69) is 5.32 Å². The summed E-state index contributed by atoms with van der Waals surface area (Å²) in [6.45, 7) is -0.352. The van der Waals surface area contributed by atoms with Crippen LogP contribution in [-0.2, 0) is 4.79 Å². The Labute approximate surface area is 145 Å². The number of carbonyl (C=O) groups excluding carboxylic acids is 2. The molecule has 0 aromatic heterocycles. The molecule has 136 valence electrons. The summed E-state index contributed by atoms with van der Waals surface area (Å²) >= 11 is 0. The number of nitrogens with one attached hydrogen (secondary N) is 1. The SMILES string of the molecule is O=C1NC2(CCCCCCC2)C(=O)N1CC(O)c1ccc(F)cc1F. The Morgan fingerprint density at radius 1 is 1.12 bits per heavy atom. The fourth-order valence-corrected chi connectivity index (χ4v) is 3.73. The van der Waals surface area contributed by atoms with E-state index in [4.69, 9.17) is 0 Å². The number of β-amino-alcohol motifs (C(OH)–C–C–N with tert-alkyl or cyclic N) is 1. The first-order valence-corrected chi connectivity index (χ1v) is 8.70. The molecule has 1 spiro atoms. The van der Waals surface area contributed by atoms with Gasteiger partial charge in [0.25, 0.3) is 5.91 Å². The fourth-order valence-electron chi connectivity index (χ4n) is 3.73. The van der Waals surface area contributed by atoms with Crippen LogP contribution >= 0.6 is 0 Å². The third-order valence-electron chi connectivity index (χ3n) is 5.13. The van der Waals surface area contributed by atoms with E-state index in [9.17, 15) is 23.5 Å². The van der Waals surface area contributed by atoms with Gasteiger partial charge >= 0.3 is 6.03 Å². The van der Waals surface area contributed by atoms with Crippen LogP contribution in [0.15, 0.2) is 18.2 Å². The predicted octanol–water partition coefficient (Wildman–Crippen LogP) is 3.03. The highest BCUT2D eigenvalue weighted by Crippen LogP contribution is 2.33. The molecule has 7 heteroatoms. The van der Waals surface area contributed by atoms with Crippen molar-refractivity contribution in [3.8, 4) is 0 Å². The second-order valence-corrected chi connectivity index (χ2v) is 6.88. The minimum Gasteiger partial charge on any atom is -0.386 e. The van der Waals surface area contributed by atoms with Crippen molar-refractivity contribution in [2.45, 2.75) is 56.6 Å². The molecule has 1 saturated carbocycles. The Balaban J connectivity index is 1.76. The number of carbonyl (C=O) groups is 2. The molecule has 1 saturated heterocycles. The van der Waals surface area contributed by atoms with Crippen LogP contribution in [0.1, 0.15) is 56.6 Å². The Hall–Kier alpha value is -2.02. The first-order chi connectivity index (χ1) is 11.9. The van der Waals surface area contributed by atoms with E-state index >= 15 is 0 Å². The van der Waals surface area contributed by atoms with Crippen LogP contribution < -0.4 is 5.32 Å². The normalized spacial score (nSPS) is 21.8. The smallest absolute Gasteiger partial charge is 0.325 e. The topological polar surface area (TPSA) is 69.6 Å². The molecule has 1 aromatic rings. The lowest BCUT2D eigenvalue weighted by molar-refractivity contribution is -0.133. The number of hydrogen-bond donors (Lipinski definition) is 2. The van der Waals surface area contributed by atoms with Crippen molar-refractivity contribution in [3.05, 3.63) is 35.4 Å². The van der Waals surface area contributed by atoms with Crippen LogP contribution in [0.2, 0.25) is 0 Å². The third kappa shape index (κ3) is 3.51. The van der Waals surface area contributed by atoms with Crippen LogP contribution in [-0.4, -0.2) is 34.0 Å². The molecule has 2 fully saturated rings. The number of aliphatic hydroxyl groups is 1. The van der Waals surface area contributed by atoms with E-state index in [0.29, 0.717) is 18.9 Å². The number of nitrogens with zero attached hydrogens (tertiary/aromatic N) is 1. The second-order valence-electron chi connectivity index (χ2n) is 6.88. The highest BCUT2D eigenvalue weighted by Gasteiger charge is 2.50. The molecule has 0 bridgehead atoms.